The fraction of sp³-hybridized carbons (Fsp3) is 0.143. The van der Waals surface area contributed by atoms with E-state index in [1.807, 2.05) is 42.5 Å². The average molecular weight is 491 g/mol. The van der Waals surface area contributed by atoms with Crippen LogP contribution in [0.15, 0.2) is 53.0 Å². The largest absolute Gasteiger partial charge is 0.495 e. The van der Waals surface area contributed by atoms with Gasteiger partial charge in [-0.15, -0.1) is 11.3 Å². The molecule has 0 amide bonds. The number of hydrazine groups is 1. The molecule has 33 heavy (non-hydrogen) atoms. The Balaban J connectivity index is 1.57. The molecule has 2 heterocycles. The number of carboxylic acids is 1. The van der Waals surface area contributed by atoms with Gasteiger partial charge in [0, 0.05) is 36.8 Å². The number of anilines is 1. The van der Waals surface area contributed by atoms with Crippen LogP contribution >= 0.6 is 11.3 Å². The quantitative estimate of drug-likeness (QED) is 0.462. The Morgan fingerprint density at radius 1 is 1.27 bits per heavy atom. The van der Waals surface area contributed by atoms with Gasteiger partial charge >= 0.3 is 5.97 Å². The van der Waals surface area contributed by atoms with Crippen molar-refractivity contribution in [2.75, 3.05) is 25.4 Å². The molecule has 0 atom stereocenters. The lowest BCUT2D eigenvalue weighted by molar-refractivity contribution is 0.0691. The number of hydrogen-bond donors (Lipinski definition) is 3. The smallest absolute Gasteiger partial charge is 0.338 e. The zero-order valence-corrected chi connectivity index (χ0v) is 19.1. The minimum absolute atomic E-state index is 0.134. The molecule has 1 aliphatic rings. The van der Waals surface area contributed by atoms with Crippen molar-refractivity contribution in [2.24, 2.45) is 0 Å². The van der Waals surface area contributed by atoms with Crippen LogP contribution in [0.5, 0.6) is 5.75 Å². The summed E-state index contributed by atoms with van der Waals surface area (Å²) in [5.41, 5.74) is 5.15. The van der Waals surface area contributed by atoms with E-state index in [4.69, 9.17) is 9.84 Å². The van der Waals surface area contributed by atoms with Crippen molar-refractivity contribution in [3.8, 4) is 16.3 Å². The van der Waals surface area contributed by atoms with Crippen LogP contribution in [0.25, 0.3) is 16.1 Å². The van der Waals surface area contributed by atoms with E-state index >= 15 is 0 Å². The molecular weight excluding hydrogens is 471 g/mol. The predicted octanol–water partition coefficient (Wildman–Crippen LogP) is 3.25. The molecule has 172 valence electrons. The summed E-state index contributed by atoms with van der Waals surface area (Å²) in [6, 6.07) is 9.27. The van der Waals surface area contributed by atoms with Gasteiger partial charge in [-0.1, -0.05) is 24.3 Å². The minimum atomic E-state index is -4.18. The molecular formula is C21H19FN4O5S2. The lowest BCUT2D eigenvalue weighted by Crippen LogP contribution is -2.24. The molecule has 0 aliphatic carbocycles. The standard InChI is InChI=1S/C21H19FN4O5S2/c1-26-10-14(9-23-26)12-3-5-13(6-4-12)20-24-19(11-32-20)33(29,30)25-17-8-16(22)15(21(27)28)7-18(17)31-2/h3-9,11,23,25H,10H2,1-2H3,(H,27,28). The summed E-state index contributed by atoms with van der Waals surface area (Å²) < 4.78 is 47.0. The molecule has 0 saturated carbocycles. The Labute approximate surface area is 193 Å². The summed E-state index contributed by atoms with van der Waals surface area (Å²) in [4.78, 5) is 15.3. The number of aromatic nitrogens is 1. The molecule has 0 fully saturated rings. The van der Waals surface area contributed by atoms with Crippen LogP contribution < -0.4 is 14.9 Å². The van der Waals surface area contributed by atoms with E-state index in [9.17, 15) is 17.6 Å². The van der Waals surface area contributed by atoms with Gasteiger partial charge in [-0.3, -0.25) is 4.72 Å². The molecule has 12 heteroatoms. The second-order valence-corrected chi connectivity index (χ2v) is 9.65. The minimum Gasteiger partial charge on any atom is -0.495 e. The van der Waals surface area contributed by atoms with Crippen molar-refractivity contribution >= 4 is 38.6 Å². The van der Waals surface area contributed by atoms with Crippen molar-refractivity contribution in [2.45, 2.75) is 5.03 Å². The van der Waals surface area contributed by atoms with Gasteiger partial charge < -0.3 is 15.3 Å². The molecule has 4 rings (SSSR count). The number of carboxylic acid groups (broad SMARTS) is 1. The maximum atomic E-state index is 14.1. The summed E-state index contributed by atoms with van der Waals surface area (Å²) in [5, 5.41) is 12.6. The number of benzene rings is 2. The Hall–Kier alpha value is -3.48. The van der Waals surface area contributed by atoms with Gasteiger partial charge in [0.1, 0.15) is 16.6 Å². The summed E-state index contributed by atoms with van der Waals surface area (Å²) in [6.45, 7) is 0.766. The predicted molar refractivity (Wildman–Crippen MR) is 122 cm³/mol. The molecule has 3 N–H and O–H groups in total. The Morgan fingerprint density at radius 3 is 2.58 bits per heavy atom. The Morgan fingerprint density at radius 2 is 1.97 bits per heavy atom. The van der Waals surface area contributed by atoms with Crippen molar-refractivity contribution in [3.05, 3.63) is 64.9 Å². The summed E-state index contributed by atoms with van der Waals surface area (Å²) >= 11 is 1.15. The summed E-state index contributed by atoms with van der Waals surface area (Å²) in [5.74, 6) is -2.73. The SMILES string of the molecule is COc1cc(C(=O)O)c(F)cc1NS(=O)(=O)c1csc(-c2ccc(C3=CNN(C)C3)cc2)n1. The van der Waals surface area contributed by atoms with Crippen molar-refractivity contribution < 1.29 is 27.4 Å². The van der Waals surface area contributed by atoms with E-state index in [0.29, 0.717) is 5.01 Å². The third-order valence-electron chi connectivity index (χ3n) is 4.89. The molecule has 1 aliphatic heterocycles. The summed E-state index contributed by atoms with van der Waals surface area (Å²) in [7, 11) is -1.02. The zero-order chi connectivity index (χ0) is 23.8. The lowest BCUT2D eigenvalue weighted by atomic mass is 10.1. The lowest BCUT2D eigenvalue weighted by Gasteiger charge is -2.12. The number of rotatable bonds is 7. The molecule has 0 unspecified atom stereocenters. The van der Waals surface area contributed by atoms with Gasteiger partial charge in [0.05, 0.1) is 18.4 Å². The highest BCUT2D eigenvalue weighted by molar-refractivity contribution is 7.92. The van der Waals surface area contributed by atoms with Crippen molar-refractivity contribution in [3.63, 3.8) is 0 Å². The fourth-order valence-electron chi connectivity index (χ4n) is 3.21. The van der Waals surface area contributed by atoms with Gasteiger partial charge in [0.2, 0.25) is 0 Å². The number of carbonyl (C=O) groups is 1. The number of ether oxygens (including phenoxy) is 1. The highest BCUT2D eigenvalue weighted by atomic mass is 32.2. The first-order valence-corrected chi connectivity index (χ1v) is 11.9. The number of methoxy groups -OCH3 is 1. The first kappa shape index (κ1) is 22.7. The third kappa shape index (κ3) is 4.67. The van der Waals surface area contributed by atoms with Crippen LogP contribution in [-0.4, -0.2) is 50.2 Å². The van der Waals surface area contributed by atoms with E-state index < -0.39 is 27.4 Å². The molecule has 0 saturated heterocycles. The third-order valence-corrected chi connectivity index (χ3v) is 7.18. The van der Waals surface area contributed by atoms with Gasteiger partial charge in [-0.05, 0) is 17.2 Å². The number of thiazole rings is 1. The van der Waals surface area contributed by atoms with E-state index in [-0.39, 0.29) is 16.5 Å². The first-order chi connectivity index (χ1) is 15.7. The average Bonchev–Trinajstić information content (AvgIpc) is 3.43. The fourth-order valence-corrected chi connectivity index (χ4v) is 5.38. The number of nitrogens with zero attached hydrogens (tertiary/aromatic N) is 2. The normalized spacial score (nSPS) is 14.0. The first-order valence-electron chi connectivity index (χ1n) is 9.54. The maximum Gasteiger partial charge on any atom is 0.338 e. The monoisotopic (exact) mass is 490 g/mol. The summed E-state index contributed by atoms with van der Waals surface area (Å²) in [6.07, 6.45) is 1.93. The van der Waals surface area contributed by atoms with Crippen molar-refractivity contribution in [1.29, 1.82) is 0 Å². The second kappa shape index (κ2) is 8.81. The zero-order valence-electron chi connectivity index (χ0n) is 17.5. The molecule has 1 aromatic heterocycles. The molecule has 0 spiro atoms. The van der Waals surface area contributed by atoms with E-state index in [0.717, 1.165) is 46.7 Å². The second-order valence-electron chi connectivity index (χ2n) is 7.17. The number of sulfonamides is 1. The van der Waals surface area contributed by atoms with Gasteiger partial charge in [0.15, 0.2) is 5.03 Å². The Bertz CT molecular complexity index is 1350. The van der Waals surface area contributed by atoms with Crippen LogP contribution in [0.3, 0.4) is 0 Å². The number of aromatic carboxylic acids is 1. The van der Waals surface area contributed by atoms with E-state index in [1.54, 1.807) is 0 Å². The Kier molecular flexibility index (Phi) is 6.06. The maximum absolute atomic E-state index is 14.1. The van der Waals surface area contributed by atoms with Gasteiger partial charge in [0.25, 0.3) is 10.0 Å². The van der Waals surface area contributed by atoms with Crippen LogP contribution in [0.4, 0.5) is 10.1 Å². The van der Waals surface area contributed by atoms with Crippen LogP contribution in [0.2, 0.25) is 0 Å². The highest BCUT2D eigenvalue weighted by Gasteiger charge is 2.23. The van der Waals surface area contributed by atoms with Crippen LogP contribution in [0, 0.1) is 5.82 Å². The number of hydrogen-bond acceptors (Lipinski definition) is 8. The number of nitrogens with one attached hydrogen (secondary N) is 2. The number of halogens is 1. The highest BCUT2D eigenvalue weighted by Crippen LogP contribution is 2.32. The van der Waals surface area contributed by atoms with Gasteiger partial charge in [-0.25, -0.2) is 19.2 Å². The molecule has 9 nitrogen and oxygen atoms in total. The topological polar surface area (TPSA) is 121 Å². The molecule has 0 bridgehead atoms. The van der Waals surface area contributed by atoms with Crippen LogP contribution in [0.1, 0.15) is 15.9 Å². The van der Waals surface area contributed by atoms with Crippen molar-refractivity contribution in [1.82, 2.24) is 15.4 Å². The van der Waals surface area contributed by atoms with Gasteiger partial charge in [-0.2, -0.15) is 8.42 Å². The molecule has 0 radical (unpaired) electrons. The molecule has 2 aromatic carbocycles. The molecule has 3 aromatic rings. The number of likely N-dealkylation sites (N-methyl/N-ethyl adjacent to an activating group) is 1. The van der Waals surface area contributed by atoms with Crippen LogP contribution in [-0.2, 0) is 10.0 Å². The van der Waals surface area contributed by atoms with E-state index in [2.05, 4.69) is 15.1 Å². The van der Waals surface area contributed by atoms with E-state index in [1.165, 1.54) is 12.5 Å².